The highest BCUT2D eigenvalue weighted by Crippen LogP contribution is 2.60. The Morgan fingerprint density at radius 3 is 2.23 bits per heavy atom. The summed E-state index contributed by atoms with van der Waals surface area (Å²) >= 11 is 0. The van der Waals surface area contributed by atoms with Gasteiger partial charge in [0, 0.05) is 36.7 Å². The fourth-order valence-electron chi connectivity index (χ4n) is 3.83. The van der Waals surface area contributed by atoms with Gasteiger partial charge in [0.1, 0.15) is 11.5 Å². The minimum atomic E-state index is -3.65. The number of aliphatic hydroxyl groups is 1. The number of hydrogen-bond donors (Lipinski definition) is 1. The first kappa shape index (κ1) is 22.7. The van der Waals surface area contributed by atoms with Crippen molar-refractivity contribution in [2.24, 2.45) is 0 Å². The van der Waals surface area contributed by atoms with Gasteiger partial charge in [-0.1, -0.05) is 19.3 Å². The molecule has 0 saturated heterocycles. The monoisotopic (exact) mass is 433 g/mol. The summed E-state index contributed by atoms with van der Waals surface area (Å²) in [7, 11) is 3.33. The average molecular weight is 433 g/mol. The van der Waals surface area contributed by atoms with E-state index in [0.717, 1.165) is 37.8 Å². The topological polar surface area (TPSA) is 68.2 Å². The predicted molar refractivity (Wildman–Crippen MR) is 120 cm³/mol. The van der Waals surface area contributed by atoms with E-state index in [4.69, 9.17) is 14.0 Å². The highest BCUT2D eigenvalue weighted by atomic mass is 31.2. The minimum Gasteiger partial charge on any atom is -0.497 e. The fraction of sp³-hybridized carbons (Fsp3) is 0.478. The van der Waals surface area contributed by atoms with Gasteiger partial charge in [0.05, 0.1) is 20.3 Å². The molecule has 0 radical (unpaired) electrons. The quantitative estimate of drug-likeness (QED) is 0.608. The van der Waals surface area contributed by atoms with Crippen molar-refractivity contribution < 1.29 is 23.7 Å². The summed E-state index contributed by atoms with van der Waals surface area (Å²) in [4.78, 5) is 1.97. The van der Waals surface area contributed by atoms with Crippen molar-refractivity contribution >= 4 is 18.4 Å². The second kappa shape index (κ2) is 9.86. The number of ether oxygens (including phenoxy) is 2. The van der Waals surface area contributed by atoms with E-state index in [0.29, 0.717) is 22.4 Å². The molecule has 1 N–H and O–H groups in total. The lowest BCUT2D eigenvalue weighted by molar-refractivity contribution is 0.136. The molecule has 2 atom stereocenters. The molecule has 0 heterocycles. The minimum absolute atomic E-state index is 0.128. The second-order valence-electron chi connectivity index (χ2n) is 7.85. The Morgan fingerprint density at radius 2 is 1.67 bits per heavy atom. The number of aliphatic hydroxyl groups excluding tert-OH is 1. The molecule has 3 rings (SSSR count). The van der Waals surface area contributed by atoms with Crippen molar-refractivity contribution in [1.82, 2.24) is 0 Å². The van der Waals surface area contributed by atoms with Crippen molar-refractivity contribution in [1.29, 1.82) is 0 Å². The Labute approximate surface area is 179 Å². The lowest BCUT2D eigenvalue weighted by Crippen LogP contribution is -2.22. The molecule has 1 aliphatic carbocycles. The largest absolute Gasteiger partial charge is 0.497 e. The van der Waals surface area contributed by atoms with Gasteiger partial charge in [-0.15, -0.1) is 0 Å². The molecule has 30 heavy (non-hydrogen) atoms. The highest BCUT2D eigenvalue weighted by molar-refractivity contribution is 7.67. The van der Waals surface area contributed by atoms with Crippen molar-refractivity contribution in [3.63, 3.8) is 0 Å². The first-order chi connectivity index (χ1) is 14.4. The maximum Gasteiger partial charge on any atom is 0.264 e. The number of hydrogen-bond acceptors (Lipinski definition) is 6. The SMILES string of the molecule is COc1ccc(C(O)P(=O)(OC2CCCCC2)c2ccc(N(C)C)cc2)c(OC)c1. The van der Waals surface area contributed by atoms with E-state index in [9.17, 15) is 9.67 Å². The van der Waals surface area contributed by atoms with E-state index < -0.39 is 13.2 Å². The van der Waals surface area contributed by atoms with E-state index in [-0.39, 0.29) is 6.10 Å². The number of anilines is 1. The average Bonchev–Trinajstić information content (AvgIpc) is 2.78. The van der Waals surface area contributed by atoms with E-state index >= 15 is 0 Å². The molecule has 1 aliphatic rings. The lowest BCUT2D eigenvalue weighted by Gasteiger charge is -2.31. The summed E-state index contributed by atoms with van der Waals surface area (Å²) in [6.07, 6.45) is 4.84. The Bertz CT molecular complexity index is 878. The molecule has 164 valence electrons. The molecule has 7 heteroatoms. The van der Waals surface area contributed by atoms with Gasteiger partial charge in [-0.2, -0.15) is 0 Å². The second-order valence-corrected chi connectivity index (χ2v) is 10.3. The molecule has 2 aromatic carbocycles. The van der Waals surface area contributed by atoms with Crippen LogP contribution in [-0.4, -0.2) is 39.5 Å². The number of benzene rings is 2. The van der Waals surface area contributed by atoms with Crippen molar-refractivity contribution in [3.8, 4) is 11.5 Å². The van der Waals surface area contributed by atoms with E-state index in [1.165, 1.54) is 7.11 Å². The van der Waals surface area contributed by atoms with Crippen LogP contribution in [0.3, 0.4) is 0 Å². The summed E-state index contributed by atoms with van der Waals surface area (Å²) in [5, 5.41) is 11.9. The Morgan fingerprint density at radius 1 is 1.00 bits per heavy atom. The Kier molecular flexibility index (Phi) is 7.45. The van der Waals surface area contributed by atoms with Gasteiger partial charge >= 0.3 is 0 Å². The van der Waals surface area contributed by atoms with Crippen LogP contribution in [0.15, 0.2) is 42.5 Å². The van der Waals surface area contributed by atoms with Gasteiger partial charge in [0.2, 0.25) is 0 Å². The maximum absolute atomic E-state index is 14.3. The third-order valence-electron chi connectivity index (χ3n) is 5.62. The molecule has 0 aromatic heterocycles. The number of nitrogens with zero attached hydrogens (tertiary/aromatic N) is 1. The Hall–Kier alpha value is -2.01. The number of rotatable bonds is 8. The summed E-state index contributed by atoms with van der Waals surface area (Å²) in [5.41, 5.74) is 1.41. The molecule has 0 amide bonds. The van der Waals surface area contributed by atoms with Gasteiger partial charge in [0.25, 0.3) is 7.37 Å². The van der Waals surface area contributed by atoms with Crippen LogP contribution in [0.5, 0.6) is 11.5 Å². The zero-order valence-electron chi connectivity index (χ0n) is 18.2. The third-order valence-corrected chi connectivity index (χ3v) is 8.18. The van der Waals surface area contributed by atoms with Crippen LogP contribution in [0.1, 0.15) is 43.5 Å². The van der Waals surface area contributed by atoms with Crippen molar-refractivity contribution in [2.45, 2.75) is 44.1 Å². The van der Waals surface area contributed by atoms with E-state index in [1.807, 2.05) is 31.1 Å². The van der Waals surface area contributed by atoms with Gasteiger partial charge in [-0.25, -0.2) is 0 Å². The van der Waals surface area contributed by atoms with Crippen LogP contribution in [0.4, 0.5) is 5.69 Å². The predicted octanol–water partition coefficient (Wildman–Crippen LogP) is 4.71. The molecular weight excluding hydrogens is 401 g/mol. The molecule has 1 fully saturated rings. The maximum atomic E-state index is 14.3. The van der Waals surface area contributed by atoms with Gasteiger partial charge < -0.3 is 24.0 Å². The number of methoxy groups -OCH3 is 2. The van der Waals surface area contributed by atoms with Crippen LogP contribution >= 0.6 is 7.37 Å². The van der Waals surface area contributed by atoms with E-state index in [1.54, 1.807) is 37.4 Å². The highest BCUT2D eigenvalue weighted by Gasteiger charge is 2.40. The first-order valence-electron chi connectivity index (χ1n) is 10.3. The third kappa shape index (κ3) is 4.83. The molecule has 1 saturated carbocycles. The summed E-state index contributed by atoms with van der Waals surface area (Å²) in [6.45, 7) is 0. The zero-order chi connectivity index (χ0) is 21.7. The molecule has 0 bridgehead atoms. The lowest BCUT2D eigenvalue weighted by atomic mass is 9.98. The van der Waals surface area contributed by atoms with Crippen molar-refractivity contribution in [2.75, 3.05) is 33.2 Å². The van der Waals surface area contributed by atoms with Crippen LogP contribution in [0, 0.1) is 0 Å². The molecular formula is C23H32NO5P. The standard InChI is InChI=1S/C23H32NO5P/c1-24(2)17-10-13-20(14-11-17)30(26,29-18-8-6-5-7-9-18)23(25)21-15-12-19(27-3)16-22(21)28-4/h10-16,18,23,25H,5-9H2,1-4H3. The fourth-order valence-corrected chi connectivity index (χ4v) is 6.14. The summed E-state index contributed by atoms with van der Waals surface area (Å²) < 4.78 is 31.3. The normalized spacial score (nSPS) is 17.8. The summed E-state index contributed by atoms with van der Waals surface area (Å²) in [6, 6.07) is 12.5. The van der Waals surface area contributed by atoms with Gasteiger partial charge in [-0.05, 0) is 49.2 Å². The molecule has 0 spiro atoms. The molecule has 2 aromatic rings. The van der Waals surface area contributed by atoms with Gasteiger partial charge in [0.15, 0.2) is 5.85 Å². The van der Waals surface area contributed by atoms with E-state index in [2.05, 4.69) is 0 Å². The first-order valence-corrected chi connectivity index (χ1v) is 12.0. The zero-order valence-corrected chi connectivity index (χ0v) is 19.1. The van der Waals surface area contributed by atoms with Crippen LogP contribution < -0.4 is 19.7 Å². The van der Waals surface area contributed by atoms with Crippen LogP contribution in [0.25, 0.3) is 0 Å². The van der Waals surface area contributed by atoms with Crippen LogP contribution in [0.2, 0.25) is 0 Å². The van der Waals surface area contributed by atoms with Gasteiger partial charge in [-0.3, -0.25) is 4.57 Å². The van der Waals surface area contributed by atoms with Crippen molar-refractivity contribution in [3.05, 3.63) is 48.0 Å². The molecule has 6 nitrogen and oxygen atoms in total. The Balaban J connectivity index is 2.03. The van der Waals surface area contributed by atoms with Crippen LogP contribution in [-0.2, 0) is 9.09 Å². The smallest absolute Gasteiger partial charge is 0.264 e. The summed E-state index contributed by atoms with van der Waals surface area (Å²) in [5.74, 6) is -0.328. The molecule has 2 unspecified atom stereocenters. The molecule has 0 aliphatic heterocycles.